The van der Waals surface area contributed by atoms with Gasteiger partial charge in [0.05, 0.1) is 16.9 Å². The number of nitrogens with one attached hydrogen (secondary N) is 1. The summed E-state index contributed by atoms with van der Waals surface area (Å²) in [5.74, 6) is 0. The first kappa shape index (κ1) is 12.6. The fourth-order valence-electron chi connectivity index (χ4n) is 1.38. The van der Waals surface area contributed by atoms with Crippen LogP contribution in [0, 0.1) is 0 Å². The Kier molecular flexibility index (Phi) is 3.26. The molecule has 0 atom stereocenters. The minimum absolute atomic E-state index is 0.0817. The summed E-state index contributed by atoms with van der Waals surface area (Å²) in [5, 5.41) is 11.7. The van der Waals surface area contributed by atoms with Crippen LogP contribution in [0.3, 0.4) is 0 Å². The summed E-state index contributed by atoms with van der Waals surface area (Å²) in [5.41, 5.74) is 0.807. The lowest BCUT2D eigenvalue weighted by Crippen LogP contribution is -2.12. The molecule has 5 nitrogen and oxygen atoms in total. The summed E-state index contributed by atoms with van der Waals surface area (Å²) < 4.78 is 23.5. The van der Waals surface area contributed by atoms with Crippen LogP contribution in [-0.2, 0) is 10.0 Å². The molecule has 2 aromatic rings. The van der Waals surface area contributed by atoms with Crippen molar-refractivity contribution in [2.75, 3.05) is 0 Å². The van der Waals surface area contributed by atoms with Crippen molar-refractivity contribution >= 4 is 37.6 Å². The molecule has 0 aliphatic carbocycles. The lowest BCUT2D eigenvalue weighted by molar-refractivity contribution is 0.598. The number of aromatic nitrogens is 2. The number of H-pyrrole nitrogens is 1. The molecule has 90 valence electrons. The standard InChI is InChI=1S/C9H7BrClN3O2S/c10-5-1-2-6(7(11)3-5)9-8(4-13-14-9)17(12,15)16/h1-4H,(H,13,14)(H2,12,15,16). The van der Waals surface area contributed by atoms with Crippen molar-refractivity contribution in [1.82, 2.24) is 10.2 Å². The van der Waals surface area contributed by atoms with E-state index in [0.717, 1.165) is 10.7 Å². The van der Waals surface area contributed by atoms with Crippen LogP contribution in [0.1, 0.15) is 0 Å². The smallest absolute Gasteiger partial charge is 0.241 e. The molecule has 1 heterocycles. The van der Waals surface area contributed by atoms with E-state index in [1.54, 1.807) is 18.2 Å². The number of rotatable bonds is 2. The number of sulfonamides is 1. The molecule has 1 aromatic carbocycles. The lowest BCUT2D eigenvalue weighted by atomic mass is 10.1. The third kappa shape index (κ3) is 2.52. The van der Waals surface area contributed by atoms with Crippen LogP contribution in [0.15, 0.2) is 33.8 Å². The van der Waals surface area contributed by atoms with Gasteiger partial charge in [0, 0.05) is 10.0 Å². The minimum atomic E-state index is -3.83. The molecule has 17 heavy (non-hydrogen) atoms. The van der Waals surface area contributed by atoms with Crippen LogP contribution in [0.2, 0.25) is 5.02 Å². The zero-order chi connectivity index (χ0) is 12.6. The number of hydrogen-bond donors (Lipinski definition) is 2. The molecule has 0 saturated heterocycles. The number of halogens is 2. The van der Waals surface area contributed by atoms with E-state index in [1.165, 1.54) is 0 Å². The second-order valence-electron chi connectivity index (χ2n) is 3.28. The van der Waals surface area contributed by atoms with Crippen LogP contribution in [0.25, 0.3) is 11.3 Å². The molecular formula is C9H7BrClN3O2S. The van der Waals surface area contributed by atoms with Gasteiger partial charge in [0.15, 0.2) is 0 Å². The average Bonchev–Trinajstić information content (AvgIpc) is 2.65. The Bertz CT molecular complexity index is 669. The molecule has 0 fully saturated rings. The average molecular weight is 337 g/mol. The number of hydrogen-bond acceptors (Lipinski definition) is 3. The molecule has 0 radical (unpaired) electrons. The first-order valence-electron chi connectivity index (χ1n) is 4.41. The molecule has 0 saturated carbocycles. The molecular weight excluding hydrogens is 330 g/mol. The topological polar surface area (TPSA) is 88.8 Å². The van der Waals surface area contributed by atoms with Crippen molar-refractivity contribution in [2.24, 2.45) is 5.14 Å². The van der Waals surface area contributed by atoms with Crippen LogP contribution in [0.4, 0.5) is 0 Å². The van der Waals surface area contributed by atoms with Gasteiger partial charge in [0.2, 0.25) is 10.0 Å². The van der Waals surface area contributed by atoms with E-state index in [1.807, 2.05) is 0 Å². The normalized spacial score (nSPS) is 11.7. The van der Waals surface area contributed by atoms with Gasteiger partial charge in [-0.25, -0.2) is 13.6 Å². The van der Waals surface area contributed by atoms with Gasteiger partial charge in [-0.05, 0) is 12.1 Å². The van der Waals surface area contributed by atoms with Gasteiger partial charge < -0.3 is 0 Å². The molecule has 2 rings (SSSR count). The van der Waals surface area contributed by atoms with Crippen LogP contribution >= 0.6 is 27.5 Å². The zero-order valence-corrected chi connectivity index (χ0v) is 11.5. The molecule has 0 aliphatic heterocycles. The summed E-state index contributed by atoms with van der Waals surface area (Å²) in [6, 6.07) is 5.08. The monoisotopic (exact) mass is 335 g/mol. The van der Waals surface area contributed by atoms with Gasteiger partial charge in [-0.1, -0.05) is 33.6 Å². The van der Waals surface area contributed by atoms with Gasteiger partial charge in [0.1, 0.15) is 4.90 Å². The molecule has 0 unspecified atom stereocenters. The van der Waals surface area contributed by atoms with Gasteiger partial charge in [-0.3, -0.25) is 5.10 Å². The SMILES string of the molecule is NS(=O)(=O)c1cn[nH]c1-c1ccc(Br)cc1Cl. The van der Waals surface area contributed by atoms with Crippen molar-refractivity contribution in [3.05, 3.63) is 33.9 Å². The van der Waals surface area contributed by atoms with Gasteiger partial charge in [-0.2, -0.15) is 5.10 Å². The van der Waals surface area contributed by atoms with Gasteiger partial charge in [0.25, 0.3) is 0 Å². The van der Waals surface area contributed by atoms with E-state index in [4.69, 9.17) is 16.7 Å². The lowest BCUT2D eigenvalue weighted by Gasteiger charge is -2.04. The second-order valence-corrected chi connectivity index (χ2v) is 6.13. The highest BCUT2D eigenvalue weighted by Crippen LogP contribution is 2.32. The predicted molar refractivity (Wildman–Crippen MR) is 68.1 cm³/mol. The Morgan fingerprint density at radius 3 is 2.71 bits per heavy atom. The Balaban J connectivity index is 2.66. The van der Waals surface area contributed by atoms with Crippen molar-refractivity contribution in [2.45, 2.75) is 4.90 Å². The predicted octanol–water partition coefficient (Wildman–Crippen LogP) is 2.14. The number of aromatic amines is 1. The quantitative estimate of drug-likeness (QED) is 0.880. The molecule has 0 spiro atoms. The maximum atomic E-state index is 11.3. The van der Waals surface area contributed by atoms with Gasteiger partial charge in [-0.15, -0.1) is 0 Å². The first-order chi connectivity index (χ1) is 7.89. The van der Waals surface area contributed by atoms with Crippen molar-refractivity contribution < 1.29 is 8.42 Å². The van der Waals surface area contributed by atoms with E-state index in [2.05, 4.69) is 26.1 Å². The fraction of sp³-hybridized carbons (Fsp3) is 0. The van der Waals surface area contributed by atoms with Crippen molar-refractivity contribution in [3.63, 3.8) is 0 Å². The summed E-state index contributed by atoms with van der Waals surface area (Å²) in [4.78, 5) is -0.0817. The second kappa shape index (κ2) is 4.41. The number of primary sulfonamides is 1. The largest absolute Gasteiger partial charge is 0.276 e. The van der Waals surface area contributed by atoms with Gasteiger partial charge >= 0.3 is 0 Å². The van der Waals surface area contributed by atoms with E-state index in [9.17, 15) is 8.42 Å². The summed E-state index contributed by atoms with van der Waals surface area (Å²) in [6.45, 7) is 0. The Hall–Kier alpha value is -0.890. The molecule has 0 aliphatic rings. The summed E-state index contributed by atoms with van der Waals surface area (Å²) >= 11 is 9.29. The summed E-state index contributed by atoms with van der Waals surface area (Å²) in [6.07, 6.45) is 1.16. The van der Waals surface area contributed by atoms with Crippen LogP contribution in [0.5, 0.6) is 0 Å². The highest BCUT2D eigenvalue weighted by atomic mass is 79.9. The first-order valence-corrected chi connectivity index (χ1v) is 7.13. The Morgan fingerprint density at radius 2 is 2.12 bits per heavy atom. The van der Waals surface area contributed by atoms with E-state index in [-0.39, 0.29) is 10.6 Å². The maximum Gasteiger partial charge on any atom is 0.241 e. The molecule has 8 heteroatoms. The molecule has 0 amide bonds. The summed E-state index contributed by atoms with van der Waals surface area (Å²) in [7, 11) is -3.83. The van der Waals surface area contributed by atoms with Crippen molar-refractivity contribution in [1.29, 1.82) is 0 Å². The zero-order valence-electron chi connectivity index (χ0n) is 8.31. The highest BCUT2D eigenvalue weighted by Gasteiger charge is 2.19. The van der Waals surface area contributed by atoms with E-state index in [0.29, 0.717) is 10.6 Å². The number of benzene rings is 1. The maximum absolute atomic E-state index is 11.3. The minimum Gasteiger partial charge on any atom is -0.276 e. The third-order valence-electron chi connectivity index (χ3n) is 2.11. The van der Waals surface area contributed by atoms with E-state index < -0.39 is 10.0 Å². The van der Waals surface area contributed by atoms with Crippen molar-refractivity contribution in [3.8, 4) is 11.3 Å². The Labute approximate surface area is 111 Å². The number of nitrogens with zero attached hydrogens (tertiary/aromatic N) is 1. The van der Waals surface area contributed by atoms with Crippen LogP contribution < -0.4 is 5.14 Å². The molecule has 0 bridgehead atoms. The fourth-order valence-corrected chi connectivity index (χ4v) is 2.78. The Morgan fingerprint density at radius 1 is 1.41 bits per heavy atom. The highest BCUT2D eigenvalue weighted by molar-refractivity contribution is 9.10. The van der Waals surface area contributed by atoms with E-state index >= 15 is 0 Å². The number of nitrogens with two attached hydrogens (primary N) is 1. The van der Waals surface area contributed by atoms with Crippen LogP contribution in [-0.4, -0.2) is 18.6 Å². The third-order valence-corrected chi connectivity index (χ3v) is 3.84. The molecule has 1 aromatic heterocycles. The molecule has 3 N–H and O–H groups in total.